The Morgan fingerprint density at radius 2 is 1.09 bits per heavy atom. The molecule has 3 atom stereocenters. The van der Waals surface area contributed by atoms with Crippen LogP contribution >= 0.6 is 0 Å². The van der Waals surface area contributed by atoms with Crippen LogP contribution < -0.4 is 0 Å². The van der Waals surface area contributed by atoms with Gasteiger partial charge in [-0.25, -0.2) is 8.78 Å². The lowest BCUT2D eigenvalue weighted by atomic mass is 9.83. The molecule has 0 bridgehead atoms. The van der Waals surface area contributed by atoms with Crippen molar-refractivity contribution in [2.45, 2.75) is 24.2 Å². The fraction of sp³-hybridized carbons (Fsp3) is 0.294. The number of hydrogen-bond acceptors (Lipinski definition) is 4. The first-order chi connectivity index (χ1) is 10.9. The lowest BCUT2D eigenvalue weighted by Gasteiger charge is -2.29. The highest BCUT2D eigenvalue weighted by molar-refractivity contribution is 5.34. The van der Waals surface area contributed by atoms with Gasteiger partial charge in [0.1, 0.15) is 23.8 Å². The molecule has 2 rings (SSSR count). The second kappa shape index (κ2) is 7.61. The summed E-state index contributed by atoms with van der Waals surface area (Å²) in [6.45, 7) is -0.724. The highest BCUT2D eigenvalue weighted by atomic mass is 19.1. The van der Waals surface area contributed by atoms with Gasteiger partial charge in [-0.3, -0.25) is 0 Å². The van der Waals surface area contributed by atoms with Gasteiger partial charge in [-0.05, 0) is 35.4 Å². The zero-order valence-corrected chi connectivity index (χ0v) is 12.2. The Labute approximate surface area is 132 Å². The zero-order chi connectivity index (χ0) is 17.0. The van der Waals surface area contributed by atoms with Crippen LogP contribution in [0.4, 0.5) is 8.78 Å². The van der Waals surface area contributed by atoms with Crippen molar-refractivity contribution in [3.63, 3.8) is 0 Å². The van der Waals surface area contributed by atoms with E-state index in [-0.39, 0.29) is 0 Å². The van der Waals surface area contributed by atoms with Crippen LogP contribution in [0, 0.1) is 11.6 Å². The average Bonchev–Trinajstić information content (AvgIpc) is 2.57. The van der Waals surface area contributed by atoms with Gasteiger partial charge in [0.2, 0.25) is 0 Å². The molecule has 4 N–H and O–H groups in total. The Kier molecular flexibility index (Phi) is 5.79. The standard InChI is InChI=1S/C17H18F2O4/c18-12-5-1-10(2-6-12)15(11-3-7-13(19)8-4-11)17(23)16(22)14(21)9-20/h1-8,14-17,20-23H,9H2/t14-,16-,17-/m1/s1. The van der Waals surface area contributed by atoms with Crippen LogP contribution in [0.25, 0.3) is 0 Å². The number of rotatable bonds is 6. The van der Waals surface area contributed by atoms with Crippen molar-refractivity contribution in [1.29, 1.82) is 0 Å². The predicted octanol–water partition coefficient (Wildman–Crippen LogP) is 1.17. The van der Waals surface area contributed by atoms with Gasteiger partial charge in [-0.15, -0.1) is 0 Å². The summed E-state index contributed by atoms with van der Waals surface area (Å²) in [6, 6.07) is 10.5. The molecule has 0 unspecified atom stereocenters. The molecule has 6 heteroatoms. The van der Waals surface area contributed by atoms with Gasteiger partial charge in [-0.2, -0.15) is 0 Å². The number of aliphatic hydroxyl groups excluding tert-OH is 4. The minimum Gasteiger partial charge on any atom is -0.394 e. The van der Waals surface area contributed by atoms with Gasteiger partial charge >= 0.3 is 0 Å². The van der Waals surface area contributed by atoms with E-state index in [1.165, 1.54) is 48.5 Å². The lowest BCUT2D eigenvalue weighted by molar-refractivity contribution is -0.0806. The molecule has 0 spiro atoms. The molecule has 124 valence electrons. The number of hydrogen-bond donors (Lipinski definition) is 4. The number of benzene rings is 2. The zero-order valence-electron chi connectivity index (χ0n) is 12.2. The monoisotopic (exact) mass is 324 g/mol. The first kappa shape index (κ1) is 17.5. The Morgan fingerprint density at radius 1 is 0.696 bits per heavy atom. The molecule has 0 radical (unpaired) electrons. The molecule has 0 heterocycles. The first-order valence-electron chi connectivity index (χ1n) is 7.10. The molecule has 2 aromatic carbocycles. The quantitative estimate of drug-likeness (QED) is 0.643. The van der Waals surface area contributed by atoms with E-state index in [2.05, 4.69) is 0 Å². The van der Waals surface area contributed by atoms with Crippen molar-refractivity contribution >= 4 is 0 Å². The van der Waals surface area contributed by atoms with Crippen LogP contribution in [0.2, 0.25) is 0 Å². The summed E-state index contributed by atoms with van der Waals surface area (Å²) in [5, 5.41) is 38.9. The minimum absolute atomic E-state index is 0.461. The lowest BCUT2D eigenvalue weighted by Crippen LogP contribution is -2.43. The van der Waals surface area contributed by atoms with Gasteiger partial charge in [0.15, 0.2) is 0 Å². The van der Waals surface area contributed by atoms with Crippen LogP contribution in [0.3, 0.4) is 0 Å². The second-order valence-electron chi connectivity index (χ2n) is 5.31. The highest BCUT2D eigenvalue weighted by Gasteiger charge is 2.33. The molecule has 0 aromatic heterocycles. The normalized spacial score (nSPS) is 15.4. The Hall–Kier alpha value is -1.86. The van der Waals surface area contributed by atoms with E-state index in [0.29, 0.717) is 11.1 Å². The van der Waals surface area contributed by atoms with E-state index in [4.69, 9.17) is 5.11 Å². The molecule has 0 aliphatic heterocycles. The summed E-state index contributed by atoms with van der Waals surface area (Å²) in [4.78, 5) is 0. The maximum absolute atomic E-state index is 13.1. The summed E-state index contributed by atoms with van der Waals surface area (Å²) in [5.74, 6) is -1.75. The molecule has 0 fully saturated rings. The van der Waals surface area contributed by atoms with Crippen LogP contribution in [-0.4, -0.2) is 45.3 Å². The van der Waals surface area contributed by atoms with Crippen molar-refractivity contribution < 1.29 is 29.2 Å². The van der Waals surface area contributed by atoms with Gasteiger partial charge in [-0.1, -0.05) is 24.3 Å². The predicted molar refractivity (Wildman–Crippen MR) is 79.7 cm³/mol. The molecule has 23 heavy (non-hydrogen) atoms. The Balaban J connectivity index is 2.42. The third-order valence-corrected chi connectivity index (χ3v) is 3.73. The first-order valence-corrected chi connectivity index (χ1v) is 7.10. The molecule has 0 amide bonds. The Morgan fingerprint density at radius 3 is 1.43 bits per heavy atom. The summed E-state index contributed by atoms with van der Waals surface area (Å²) >= 11 is 0. The van der Waals surface area contributed by atoms with Crippen molar-refractivity contribution in [3.05, 3.63) is 71.3 Å². The maximum atomic E-state index is 13.1. The second-order valence-corrected chi connectivity index (χ2v) is 5.31. The van der Waals surface area contributed by atoms with Crippen LogP contribution in [0.5, 0.6) is 0 Å². The van der Waals surface area contributed by atoms with Crippen molar-refractivity contribution in [2.75, 3.05) is 6.61 Å². The van der Waals surface area contributed by atoms with Crippen molar-refractivity contribution in [2.24, 2.45) is 0 Å². The van der Waals surface area contributed by atoms with E-state index in [1.54, 1.807) is 0 Å². The summed E-state index contributed by atoms with van der Waals surface area (Å²) < 4.78 is 26.2. The van der Waals surface area contributed by atoms with Gasteiger partial charge in [0.05, 0.1) is 12.7 Å². The van der Waals surface area contributed by atoms with Crippen LogP contribution in [0.1, 0.15) is 17.0 Å². The highest BCUT2D eigenvalue weighted by Crippen LogP contribution is 2.31. The van der Waals surface area contributed by atoms with E-state index >= 15 is 0 Å². The van der Waals surface area contributed by atoms with Crippen LogP contribution in [-0.2, 0) is 0 Å². The molecule has 2 aromatic rings. The topological polar surface area (TPSA) is 80.9 Å². The summed E-state index contributed by atoms with van der Waals surface area (Å²) in [5.41, 5.74) is 0.962. The summed E-state index contributed by atoms with van der Waals surface area (Å²) in [6.07, 6.45) is -4.64. The number of aliphatic hydroxyl groups is 4. The third kappa shape index (κ3) is 4.11. The number of halogens is 2. The van der Waals surface area contributed by atoms with Gasteiger partial charge in [0.25, 0.3) is 0 Å². The molecule has 0 aliphatic rings. The SMILES string of the molecule is OC[C@@H](O)[C@@H](O)[C@H](O)C(c1ccc(F)cc1)c1ccc(F)cc1. The largest absolute Gasteiger partial charge is 0.394 e. The smallest absolute Gasteiger partial charge is 0.123 e. The maximum Gasteiger partial charge on any atom is 0.123 e. The van der Waals surface area contributed by atoms with Crippen molar-refractivity contribution in [1.82, 2.24) is 0 Å². The molecule has 0 aliphatic carbocycles. The molecule has 4 nitrogen and oxygen atoms in total. The Bertz CT molecular complexity index is 570. The fourth-order valence-corrected chi connectivity index (χ4v) is 2.46. The van der Waals surface area contributed by atoms with E-state index in [9.17, 15) is 24.1 Å². The van der Waals surface area contributed by atoms with E-state index in [0.717, 1.165) is 0 Å². The average molecular weight is 324 g/mol. The van der Waals surface area contributed by atoms with Gasteiger partial charge < -0.3 is 20.4 Å². The summed E-state index contributed by atoms with van der Waals surface area (Å²) in [7, 11) is 0. The molecule has 0 saturated carbocycles. The molecular weight excluding hydrogens is 306 g/mol. The van der Waals surface area contributed by atoms with E-state index < -0.39 is 42.5 Å². The van der Waals surface area contributed by atoms with E-state index in [1.807, 2.05) is 0 Å². The van der Waals surface area contributed by atoms with Crippen LogP contribution in [0.15, 0.2) is 48.5 Å². The van der Waals surface area contributed by atoms with Gasteiger partial charge in [0, 0.05) is 5.92 Å². The van der Waals surface area contributed by atoms with Crippen molar-refractivity contribution in [3.8, 4) is 0 Å². The third-order valence-electron chi connectivity index (χ3n) is 3.73. The molecule has 0 saturated heterocycles. The fourth-order valence-electron chi connectivity index (χ4n) is 2.46. The molecular formula is C17H18F2O4. The minimum atomic E-state index is -1.62.